The number of alkyl halides is 1. The fourth-order valence-electron chi connectivity index (χ4n) is 4.03. The standard InChI is InChI=1S/C26H24BrP.BrH/c27-20-22-16-18-23(19-17-22)21-28(24-10-4-1-5-11-24,25-12-6-2-7-13-25)26-14-8-3-9-15-26;/h1-19,28H,20-21H2;1H. The second-order valence-electron chi connectivity index (χ2n) is 7.13. The molecule has 0 saturated carbocycles. The normalized spacial score (nSPS) is 11.5. The van der Waals surface area contributed by atoms with E-state index in [2.05, 4.69) is 131 Å². The van der Waals surface area contributed by atoms with Gasteiger partial charge in [0.25, 0.3) is 0 Å². The Morgan fingerprint density at radius 2 is 0.828 bits per heavy atom. The second-order valence-corrected chi connectivity index (χ2v) is 11.6. The number of hydrogen-bond donors (Lipinski definition) is 0. The van der Waals surface area contributed by atoms with Gasteiger partial charge in [-0.1, -0.05) is 0 Å². The van der Waals surface area contributed by atoms with Crippen molar-refractivity contribution in [3.63, 3.8) is 0 Å². The van der Waals surface area contributed by atoms with Gasteiger partial charge in [-0.3, -0.25) is 0 Å². The number of halogens is 2. The van der Waals surface area contributed by atoms with E-state index in [9.17, 15) is 0 Å². The molecule has 4 aromatic carbocycles. The molecular formula is C26H25Br2P. The molecule has 0 saturated heterocycles. The summed E-state index contributed by atoms with van der Waals surface area (Å²) in [4.78, 5) is 0. The molecule has 3 heteroatoms. The van der Waals surface area contributed by atoms with E-state index in [1.54, 1.807) is 0 Å². The molecule has 0 atom stereocenters. The third kappa shape index (κ3) is 4.72. The Kier molecular flexibility index (Phi) is 7.84. The molecule has 4 aromatic rings. The van der Waals surface area contributed by atoms with E-state index in [1.807, 2.05) is 0 Å². The third-order valence-electron chi connectivity index (χ3n) is 5.45. The third-order valence-corrected chi connectivity index (χ3v) is 11.0. The zero-order chi connectivity index (χ0) is 19.2. The van der Waals surface area contributed by atoms with Crippen LogP contribution < -0.4 is 15.9 Å². The van der Waals surface area contributed by atoms with Crippen LogP contribution in [0.15, 0.2) is 115 Å². The Labute approximate surface area is 193 Å². The van der Waals surface area contributed by atoms with Crippen molar-refractivity contribution in [2.24, 2.45) is 0 Å². The van der Waals surface area contributed by atoms with Gasteiger partial charge in [0.05, 0.1) is 0 Å². The van der Waals surface area contributed by atoms with E-state index in [0.717, 1.165) is 11.5 Å². The van der Waals surface area contributed by atoms with E-state index >= 15 is 0 Å². The van der Waals surface area contributed by atoms with Crippen LogP contribution in [0.3, 0.4) is 0 Å². The molecule has 0 aliphatic rings. The molecule has 0 heterocycles. The maximum atomic E-state index is 3.56. The Bertz CT molecular complexity index is 904. The van der Waals surface area contributed by atoms with Crippen LogP contribution in [0.1, 0.15) is 11.1 Å². The molecule has 0 radical (unpaired) electrons. The van der Waals surface area contributed by atoms with Crippen molar-refractivity contribution in [2.45, 2.75) is 11.5 Å². The summed E-state index contributed by atoms with van der Waals surface area (Å²) in [7, 11) is -2.20. The fraction of sp³-hybridized carbons (Fsp3) is 0.0769. The molecule has 0 spiro atoms. The van der Waals surface area contributed by atoms with E-state index in [0.29, 0.717) is 0 Å². The van der Waals surface area contributed by atoms with Crippen LogP contribution in [-0.2, 0) is 11.5 Å². The molecule has 0 aliphatic heterocycles. The van der Waals surface area contributed by atoms with Crippen LogP contribution in [-0.4, -0.2) is 0 Å². The summed E-state index contributed by atoms with van der Waals surface area (Å²) in [5, 5.41) is 5.26. The first kappa shape index (κ1) is 22.0. The van der Waals surface area contributed by atoms with Crippen LogP contribution in [0.2, 0.25) is 0 Å². The van der Waals surface area contributed by atoms with Crippen LogP contribution in [0, 0.1) is 0 Å². The molecule has 0 nitrogen and oxygen atoms in total. The van der Waals surface area contributed by atoms with E-state index < -0.39 is 7.26 Å². The van der Waals surface area contributed by atoms with Crippen molar-refractivity contribution in [1.82, 2.24) is 0 Å². The average molecular weight is 528 g/mol. The number of benzene rings is 4. The molecule has 0 N–H and O–H groups in total. The maximum absolute atomic E-state index is 3.56. The topological polar surface area (TPSA) is 0 Å². The molecule has 29 heavy (non-hydrogen) atoms. The Hall–Kier alpha value is -1.73. The predicted molar refractivity (Wildman–Crippen MR) is 140 cm³/mol. The van der Waals surface area contributed by atoms with Crippen molar-refractivity contribution >= 4 is 56.1 Å². The SMILES string of the molecule is Br.BrCc1ccc(C[PH](c2ccccc2)(c2ccccc2)c2ccccc2)cc1. The first-order valence-corrected chi connectivity index (χ1v) is 13.0. The van der Waals surface area contributed by atoms with Gasteiger partial charge >= 0.3 is 177 Å². The first-order valence-electron chi connectivity index (χ1n) is 9.63. The van der Waals surface area contributed by atoms with Crippen LogP contribution in [0.4, 0.5) is 0 Å². The van der Waals surface area contributed by atoms with Gasteiger partial charge in [-0.25, -0.2) is 0 Å². The van der Waals surface area contributed by atoms with Crippen LogP contribution >= 0.6 is 40.2 Å². The van der Waals surface area contributed by atoms with Gasteiger partial charge in [-0.15, -0.1) is 17.0 Å². The van der Waals surface area contributed by atoms with Crippen molar-refractivity contribution in [2.75, 3.05) is 0 Å². The van der Waals surface area contributed by atoms with E-state index in [1.165, 1.54) is 27.0 Å². The Balaban J connectivity index is 0.00000240. The van der Waals surface area contributed by atoms with Crippen LogP contribution in [0.5, 0.6) is 0 Å². The van der Waals surface area contributed by atoms with Gasteiger partial charge in [0.1, 0.15) is 0 Å². The van der Waals surface area contributed by atoms with Crippen molar-refractivity contribution in [3.05, 3.63) is 126 Å². The fourth-order valence-corrected chi connectivity index (χ4v) is 9.15. The summed E-state index contributed by atoms with van der Waals surface area (Å²) in [6.45, 7) is 0. The summed E-state index contributed by atoms with van der Waals surface area (Å²) < 4.78 is 0. The summed E-state index contributed by atoms with van der Waals surface area (Å²) in [6, 6.07) is 42.4. The molecule has 4 rings (SSSR count). The van der Waals surface area contributed by atoms with Crippen LogP contribution in [0.25, 0.3) is 0 Å². The summed E-state index contributed by atoms with van der Waals surface area (Å²) in [6.07, 6.45) is 1.05. The number of rotatable bonds is 6. The first-order chi connectivity index (χ1) is 13.8. The minimum atomic E-state index is -2.20. The van der Waals surface area contributed by atoms with Gasteiger partial charge in [-0.05, 0) is 0 Å². The van der Waals surface area contributed by atoms with E-state index in [-0.39, 0.29) is 17.0 Å². The predicted octanol–water partition coefficient (Wildman–Crippen LogP) is 6.39. The van der Waals surface area contributed by atoms with Gasteiger partial charge in [0, 0.05) is 0 Å². The zero-order valence-electron chi connectivity index (χ0n) is 16.2. The Morgan fingerprint density at radius 3 is 1.17 bits per heavy atom. The minimum absolute atomic E-state index is 0. The summed E-state index contributed by atoms with van der Waals surface area (Å²) in [5.41, 5.74) is 2.71. The molecule has 0 fully saturated rings. The summed E-state index contributed by atoms with van der Waals surface area (Å²) >= 11 is 3.56. The van der Waals surface area contributed by atoms with Crippen molar-refractivity contribution < 1.29 is 0 Å². The van der Waals surface area contributed by atoms with Crippen molar-refractivity contribution in [1.29, 1.82) is 0 Å². The van der Waals surface area contributed by atoms with E-state index in [4.69, 9.17) is 0 Å². The second kappa shape index (κ2) is 10.3. The Morgan fingerprint density at radius 1 is 0.483 bits per heavy atom. The monoisotopic (exact) mass is 526 g/mol. The van der Waals surface area contributed by atoms with Gasteiger partial charge < -0.3 is 0 Å². The molecular weight excluding hydrogens is 503 g/mol. The zero-order valence-corrected chi connectivity index (χ0v) is 20.5. The molecule has 0 aromatic heterocycles. The van der Waals surface area contributed by atoms with Gasteiger partial charge in [-0.2, -0.15) is 0 Å². The molecule has 0 unspecified atom stereocenters. The molecule has 148 valence electrons. The number of hydrogen-bond acceptors (Lipinski definition) is 0. The quantitative estimate of drug-likeness (QED) is 0.201. The van der Waals surface area contributed by atoms with Gasteiger partial charge in [0.15, 0.2) is 0 Å². The molecule has 0 amide bonds. The van der Waals surface area contributed by atoms with Crippen molar-refractivity contribution in [3.8, 4) is 0 Å². The van der Waals surface area contributed by atoms with Gasteiger partial charge in [0.2, 0.25) is 0 Å². The molecule has 0 bridgehead atoms. The summed E-state index contributed by atoms with van der Waals surface area (Å²) in [5.74, 6) is 0. The average Bonchev–Trinajstić information content (AvgIpc) is 2.80. The molecule has 0 aliphatic carbocycles.